The van der Waals surface area contributed by atoms with Gasteiger partial charge in [-0.2, -0.15) is 0 Å². The average Bonchev–Trinajstić information content (AvgIpc) is 2.98. The smallest absolute Gasteiger partial charge is 0.104 e. The van der Waals surface area contributed by atoms with E-state index in [-0.39, 0.29) is 0 Å². The molecule has 0 bridgehead atoms. The van der Waals surface area contributed by atoms with E-state index in [4.69, 9.17) is 4.42 Å². The average molecular weight is 284 g/mol. The van der Waals surface area contributed by atoms with Crippen molar-refractivity contribution in [3.05, 3.63) is 59.5 Å². The Labute approximate surface area is 129 Å². The highest BCUT2D eigenvalue weighted by Gasteiger charge is 2.03. The number of benzene rings is 1. The molecule has 21 heavy (non-hydrogen) atoms. The standard InChI is InChI=1S/C20H28O/c1-2-3-4-5-6-10-13-19-16-17-20(21-19)15-14-18-11-8-7-9-12-18/h7-9,11-12,16-17H,2-6,10,13-15H2,1H3. The van der Waals surface area contributed by atoms with Crippen LogP contribution in [-0.2, 0) is 19.3 Å². The van der Waals surface area contributed by atoms with Gasteiger partial charge in [-0.1, -0.05) is 69.4 Å². The molecule has 0 fully saturated rings. The Hall–Kier alpha value is -1.50. The van der Waals surface area contributed by atoms with Gasteiger partial charge in [0.2, 0.25) is 0 Å². The van der Waals surface area contributed by atoms with Gasteiger partial charge in [0, 0.05) is 12.8 Å². The molecule has 0 radical (unpaired) electrons. The number of unbranched alkanes of at least 4 members (excludes halogenated alkanes) is 5. The summed E-state index contributed by atoms with van der Waals surface area (Å²) in [6.45, 7) is 2.26. The summed E-state index contributed by atoms with van der Waals surface area (Å²) < 4.78 is 5.93. The Balaban J connectivity index is 1.64. The Morgan fingerprint density at radius 3 is 2.10 bits per heavy atom. The summed E-state index contributed by atoms with van der Waals surface area (Å²) in [5, 5.41) is 0. The molecule has 2 rings (SSSR count). The lowest BCUT2D eigenvalue weighted by molar-refractivity contribution is 0.453. The number of furan rings is 1. The first kappa shape index (κ1) is 15.9. The molecule has 1 nitrogen and oxygen atoms in total. The summed E-state index contributed by atoms with van der Waals surface area (Å²) in [4.78, 5) is 0. The molecule has 0 spiro atoms. The quantitative estimate of drug-likeness (QED) is 0.490. The van der Waals surface area contributed by atoms with Crippen molar-refractivity contribution in [3.8, 4) is 0 Å². The van der Waals surface area contributed by atoms with Gasteiger partial charge >= 0.3 is 0 Å². The minimum absolute atomic E-state index is 1.00. The maximum absolute atomic E-state index is 5.93. The second kappa shape index (κ2) is 9.44. The summed E-state index contributed by atoms with van der Waals surface area (Å²) in [7, 11) is 0. The van der Waals surface area contributed by atoms with Crippen LogP contribution in [0.15, 0.2) is 46.9 Å². The molecule has 1 heteroatoms. The molecule has 0 aliphatic heterocycles. The van der Waals surface area contributed by atoms with Gasteiger partial charge in [0.1, 0.15) is 11.5 Å². The maximum atomic E-state index is 5.93. The molecule has 0 saturated heterocycles. The van der Waals surface area contributed by atoms with Gasteiger partial charge < -0.3 is 4.42 Å². The molecule has 0 atom stereocenters. The zero-order valence-corrected chi connectivity index (χ0v) is 13.3. The van der Waals surface area contributed by atoms with Crippen LogP contribution in [0.1, 0.15) is 62.5 Å². The van der Waals surface area contributed by atoms with Crippen LogP contribution in [0.3, 0.4) is 0 Å². The lowest BCUT2D eigenvalue weighted by atomic mass is 10.1. The summed E-state index contributed by atoms with van der Waals surface area (Å²) in [5.74, 6) is 2.29. The zero-order chi connectivity index (χ0) is 14.8. The molecule has 114 valence electrons. The largest absolute Gasteiger partial charge is 0.466 e. The van der Waals surface area contributed by atoms with E-state index in [9.17, 15) is 0 Å². The highest BCUT2D eigenvalue weighted by molar-refractivity contribution is 5.16. The summed E-state index contributed by atoms with van der Waals surface area (Å²) in [5.41, 5.74) is 1.38. The van der Waals surface area contributed by atoms with Crippen molar-refractivity contribution in [2.75, 3.05) is 0 Å². The summed E-state index contributed by atoms with van der Waals surface area (Å²) in [6.07, 6.45) is 11.2. The van der Waals surface area contributed by atoms with Crippen molar-refractivity contribution >= 4 is 0 Å². The van der Waals surface area contributed by atoms with Crippen molar-refractivity contribution in [1.82, 2.24) is 0 Å². The van der Waals surface area contributed by atoms with Gasteiger partial charge in [-0.15, -0.1) is 0 Å². The fraction of sp³-hybridized carbons (Fsp3) is 0.500. The highest BCUT2D eigenvalue weighted by atomic mass is 16.3. The first-order valence-corrected chi connectivity index (χ1v) is 8.50. The van der Waals surface area contributed by atoms with Crippen LogP contribution < -0.4 is 0 Å². The number of rotatable bonds is 10. The Morgan fingerprint density at radius 1 is 0.667 bits per heavy atom. The zero-order valence-electron chi connectivity index (χ0n) is 13.3. The van der Waals surface area contributed by atoms with Crippen molar-refractivity contribution in [1.29, 1.82) is 0 Å². The third kappa shape index (κ3) is 6.20. The lowest BCUT2D eigenvalue weighted by Crippen LogP contribution is -1.89. The minimum atomic E-state index is 1.00. The van der Waals surface area contributed by atoms with Crippen molar-refractivity contribution in [2.45, 2.75) is 64.7 Å². The fourth-order valence-electron chi connectivity index (χ4n) is 2.68. The Bertz CT molecular complexity index is 484. The molecular weight excluding hydrogens is 256 g/mol. The van der Waals surface area contributed by atoms with Crippen LogP contribution in [0.25, 0.3) is 0 Å². The maximum Gasteiger partial charge on any atom is 0.104 e. The molecule has 0 unspecified atom stereocenters. The van der Waals surface area contributed by atoms with E-state index in [0.29, 0.717) is 0 Å². The minimum Gasteiger partial charge on any atom is -0.466 e. The van der Waals surface area contributed by atoms with Crippen molar-refractivity contribution < 1.29 is 4.42 Å². The first-order valence-electron chi connectivity index (χ1n) is 8.50. The predicted molar refractivity (Wildman–Crippen MR) is 89.6 cm³/mol. The third-order valence-corrected chi connectivity index (χ3v) is 4.00. The van der Waals surface area contributed by atoms with E-state index in [0.717, 1.165) is 30.8 Å². The van der Waals surface area contributed by atoms with Crippen LogP contribution in [-0.4, -0.2) is 0 Å². The van der Waals surface area contributed by atoms with Crippen molar-refractivity contribution in [3.63, 3.8) is 0 Å². The van der Waals surface area contributed by atoms with E-state index >= 15 is 0 Å². The van der Waals surface area contributed by atoms with Gasteiger partial charge in [0.25, 0.3) is 0 Å². The fourth-order valence-corrected chi connectivity index (χ4v) is 2.68. The first-order chi connectivity index (χ1) is 10.4. The third-order valence-electron chi connectivity index (χ3n) is 4.00. The number of hydrogen-bond donors (Lipinski definition) is 0. The van der Waals surface area contributed by atoms with Gasteiger partial charge in [0.05, 0.1) is 0 Å². The summed E-state index contributed by atoms with van der Waals surface area (Å²) >= 11 is 0. The van der Waals surface area contributed by atoms with E-state index in [1.807, 2.05) is 0 Å². The molecule has 2 aromatic rings. The SMILES string of the molecule is CCCCCCCCc1ccc(CCc2ccccc2)o1. The Morgan fingerprint density at radius 2 is 1.33 bits per heavy atom. The van der Waals surface area contributed by atoms with E-state index in [1.54, 1.807) is 0 Å². The number of hydrogen-bond acceptors (Lipinski definition) is 1. The van der Waals surface area contributed by atoms with E-state index in [1.165, 1.54) is 44.1 Å². The predicted octanol–water partition coefficient (Wildman–Crippen LogP) is 5.97. The monoisotopic (exact) mass is 284 g/mol. The van der Waals surface area contributed by atoms with Crippen LogP contribution in [0.2, 0.25) is 0 Å². The van der Waals surface area contributed by atoms with Gasteiger partial charge in [-0.25, -0.2) is 0 Å². The molecule has 1 heterocycles. The summed E-state index contributed by atoms with van der Waals surface area (Å²) in [6, 6.07) is 14.9. The van der Waals surface area contributed by atoms with Gasteiger partial charge in [-0.05, 0) is 30.5 Å². The van der Waals surface area contributed by atoms with Crippen LogP contribution in [0.5, 0.6) is 0 Å². The Kier molecular flexibility index (Phi) is 7.14. The molecule has 0 amide bonds. The van der Waals surface area contributed by atoms with Crippen LogP contribution in [0, 0.1) is 0 Å². The van der Waals surface area contributed by atoms with Crippen LogP contribution >= 0.6 is 0 Å². The number of aryl methyl sites for hydroxylation is 3. The van der Waals surface area contributed by atoms with Crippen molar-refractivity contribution in [2.24, 2.45) is 0 Å². The van der Waals surface area contributed by atoms with Gasteiger partial charge in [0.15, 0.2) is 0 Å². The lowest BCUT2D eigenvalue weighted by Gasteiger charge is -2.00. The second-order valence-electron chi connectivity index (χ2n) is 5.87. The molecule has 1 aromatic heterocycles. The topological polar surface area (TPSA) is 13.1 Å². The molecule has 0 aliphatic rings. The van der Waals surface area contributed by atoms with Crippen LogP contribution in [0.4, 0.5) is 0 Å². The van der Waals surface area contributed by atoms with E-state index < -0.39 is 0 Å². The second-order valence-corrected chi connectivity index (χ2v) is 5.87. The molecular formula is C20H28O. The normalized spacial score (nSPS) is 10.9. The highest BCUT2D eigenvalue weighted by Crippen LogP contribution is 2.15. The van der Waals surface area contributed by atoms with E-state index in [2.05, 4.69) is 49.4 Å². The molecule has 0 aliphatic carbocycles. The molecule has 0 N–H and O–H groups in total. The molecule has 0 saturated carbocycles. The van der Waals surface area contributed by atoms with Gasteiger partial charge in [-0.3, -0.25) is 0 Å². The molecule has 1 aromatic carbocycles.